The quantitative estimate of drug-likeness (QED) is 0.840. The molecule has 1 aliphatic carbocycles. The van der Waals surface area contributed by atoms with E-state index in [0.717, 1.165) is 25.1 Å². The number of hydrogen-bond acceptors (Lipinski definition) is 3. The summed E-state index contributed by atoms with van der Waals surface area (Å²) in [6.07, 6.45) is -0.514. The molecule has 3 rings (SSSR count). The molecule has 23 heavy (non-hydrogen) atoms. The Labute approximate surface area is 131 Å². The summed E-state index contributed by atoms with van der Waals surface area (Å²) in [4.78, 5) is 28.4. The zero-order valence-electron chi connectivity index (χ0n) is 12.5. The predicted octanol–water partition coefficient (Wildman–Crippen LogP) is 2.93. The highest BCUT2D eigenvalue weighted by molar-refractivity contribution is 5.94. The standard InChI is InChI=1S/C16H17F3N2O2/c17-16(18,19)14-2-1-11(9-20-14)15(23)21-5-3-10(4-6-21)12-7-13(22)8-12/h1-2,9-10,12H,3-8H2. The van der Waals surface area contributed by atoms with Gasteiger partial charge in [0.15, 0.2) is 0 Å². The van der Waals surface area contributed by atoms with E-state index in [-0.39, 0.29) is 11.5 Å². The van der Waals surface area contributed by atoms with Gasteiger partial charge in [0.25, 0.3) is 5.91 Å². The van der Waals surface area contributed by atoms with Gasteiger partial charge >= 0.3 is 6.18 Å². The highest BCUT2D eigenvalue weighted by Crippen LogP contribution is 2.36. The average Bonchev–Trinajstić information content (AvgIpc) is 2.51. The number of rotatable bonds is 2. The van der Waals surface area contributed by atoms with Gasteiger partial charge in [0, 0.05) is 32.1 Å². The smallest absolute Gasteiger partial charge is 0.339 e. The maximum Gasteiger partial charge on any atom is 0.433 e. The number of carbonyl (C=O) groups excluding carboxylic acids is 2. The third-order valence-corrected chi connectivity index (χ3v) is 4.77. The van der Waals surface area contributed by atoms with Gasteiger partial charge in [0.1, 0.15) is 11.5 Å². The van der Waals surface area contributed by atoms with Gasteiger partial charge < -0.3 is 4.90 Å². The largest absolute Gasteiger partial charge is 0.433 e. The fourth-order valence-corrected chi connectivity index (χ4v) is 3.30. The van der Waals surface area contributed by atoms with E-state index < -0.39 is 11.9 Å². The normalized spacial score (nSPS) is 20.5. The first-order valence-corrected chi connectivity index (χ1v) is 7.69. The Morgan fingerprint density at radius 2 is 1.78 bits per heavy atom. The van der Waals surface area contributed by atoms with Gasteiger partial charge in [-0.05, 0) is 36.8 Å². The summed E-state index contributed by atoms with van der Waals surface area (Å²) in [5.74, 6) is 0.952. The van der Waals surface area contributed by atoms with Gasteiger partial charge in [-0.1, -0.05) is 0 Å². The minimum Gasteiger partial charge on any atom is -0.339 e. The summed E-state index contributed by atoms with van der Waals surface area (Å²) in [7, 11) is 0. The van der Waals surface area contributed by atoms with E-state index in [1.54, 1.807) is 4.90 Å². The highest BCUT2D eigenvalue weighted by Gasteiger charge is 2.36. The Morgan fingerprint density at radius 3 is 2.26 bits per heavy atom. The zero-order valence-corrected chi connectivity index (χ0v) is 12.5. The number of hydrogen-bond donors (Lipinski definition) is 0. The molecule has 2 fully saturated rings. The molecule has 0 N–H and O–H groups in total. The molecule has 124 valence electrons. The number of amides is 1. The molecule has 0 bridgehead atoms. The topological polar surface area (TPSA) is 50.3 Å². The van der Waals surface area contributed by atoms with Crippen molar-refractivity contribution in [3.8, 4) is 0 Å². The van der Waals surface area contributed by atoms with E-state index in [1.807, 2.05) is 0 Å². The number of likely N-dealkylation sites (tertiary alicyclic amines) is 1. The van der Waals surface area contributed by atoms with Crippen LogP contribution in [-0.2, 0) is 11.0 Å². The Hall–Kier alpha value is -1.92. The van der Waals surface area contributed by atoms with E-state index in [9.17, 15) is 22.8 Å². The predicted molar refractivity (Wildman–Crippen MR) is 75.6 cm³/mol. The molecule has 1 aromatic heterocycles. The zero-order chi connectivity index (χ0) is 16.6. The molecule has 7 heteroatoms. The van der Waals surface area contributed by atoms with Crippen molar-refractivity contribution in [2.24, 2.45) is 11.8 Å². The SMILES string of the molecule is O=C1CC(C2CCN(C(=O)c3ccc(C(F)(F)F)nc3)CC2)C1. The van der Waals surface area contributed by atoms with E-state index in [0.29, 0.717) is 43.6 Å². The maximum absolute atomic E-state index is 12.5. The number of Topliss-reactive ketones (excluding diaryl/α,β-unsaturated/α-hetero) is 1. The Morgan fingerprint density at radius 1 is 1.13 bits per heavy atom. The molecule has 1 aliphatic heterocycles. The molecule has 1 amide bonds. The van der Waals surface area contributed by atoms with Crippen LogP contribution >= 0.6 is 0 Å². The molecular weight excluding hydrogens is 309 g/mol. The Bertz CT molecular complexity index is 597. The lowest BCUT2D eigenvalue weighted by Crippen LogP contribution is -2.42. The first kappa shape index (κ1) is 16.0. The van der Waals surface area contributed by atoms with Crippen molar-refractivity contribution >= 4 is 11.7 Å². The van der Waals surface area contributed by atoms with Gasteiger partial charge in [-0.25, -0.2) is 0 Å². The van der Waals surface area contributed by atoms with E-state index >= 15 is 0 Å². The lowest BCUT2D eigenvalue weighted by Gasteiger charge is -2.39. The van der Waals surface area contributed by atoms with Crippen LogP contribution in [0.15, 0.2) is 18.3 Å². The minimum absolute atomic E-state index is 0.176. The molecule has 0 aromatic carbocycles. The number of nitrogens with zero attached hydrogens (tertiary/aromatic N) is 2. The molecule has 0 radical (unpaired) electrons. The Kier molecular flexibility index (Phi) is 4.12. The van der Waals surface area contributed by atoms with Crippen LogP contribution in [0.3, 0.4) is 0 Å². The summed E-state index contributed by atoms with van der Waals surface area (Å²) >= 11 is 0. The summed E-state index contributed by atoms with van der Waals surface area (Å²) in [5.41, 5.74) is -0.822. The van der Waals surface area contributed by atoms with Crippen molar-refractivity contribution in [3.05, 3.63) is 29.6 Å². The number of ketones is 1. The van der Waals surface area contributed by atoms with Crippen LogP contribution in [0.25, 0.3) is 0 Å². The second kappa shape index (κ2) is 5.94. The molecule has 0 unspecified atom stereocenters. The molecular formula is C16H17F3N2O2. The van der Waals surface area contributed by atoms with Crippen LogP contribution in [0.1, 0.15) is 41.7 Å². The summed E-state index contributed by atoms with van der Waals surface area (Å²) in [5, 5.41) is 0. The fraction of sp³-hybridized carbons (Fsp3) is 0.562. The second-order valence-corrected chi connectivity index (χ2v) is 6.27. The number of pyridine rings is 1. The molecule has 4 nitrogen and oxygen atoms in total. The fourth-order valence-electron chi connectivity index (χ4n) is 3.30. The average molecular weight is 326 g/mol. The second-order valence-electron chi connectivity index (χ2n) is 6.27. The van der Waals surface area contributed by atoms with Crippen LogP contribution in [0.4, 0.5) is 13.2 Å². The van der Waals surface area contributed by atoms with Crippen LogP contribution < -0.4 is 0 Å². The molecule has 0 atom stereocenters. The summed E-state index contributed by atoms with van der Waals surface area (Å²) in [6, 6.07) is 2.01. The molecule has 2 aliphatic rings. The van der Waals surface area contributed by atoms with Crippen molar-refractivity contribution in [3.63, 3.8) is 0 Å². The van der Waals surface area contributed by atoms with Crippen molar-refractivity contribution in [1.82, 2.24) is 9.88 Å². The number of piperidine rings is 1. The lowest BCUT2D eigenvalue weighted by atomic mass is 9.71. The van der Waals surface area contributed by atoms with Crippen molar-refractivity contribution < 1.29 is 22.8 Å². The summed E-state index contributed by atoms with van der Waals surface area (Å²) in [6.45, 7) is 1.16. The number of alkyl halides is 3. The number of aromatic nitrogens is 1. The van der Waals surface area contributed by atoms with Crippen molar-refractivity contribution in [2.45, 2.75) is 31.9 Å². The van der Waals surface area contributed by atoms with Crippen LogP contribution in [-0.4, -0.2) is 34.7 Å². The van der Waals surface area contributed by atoms with Gasteiger partial charge in [0.2, 0.25) is 0 Å². The van der Waals surface area contributed by atoms with E-state index in [2.05, 4.69) is 4.98 Å². The summed E-state index contributed by atoms with van der Waals surface area (Å²) < 4.78 is 37.4. The Balaban J connectivity index is 1.58. The lowest BCUT2D eigenvalue weighted by molar-refractivity contribution is -0.141. The van der Waals surface area contributed by atoms with E-state index in [1.165, 1.54) is 6.07 Å². The first-order valence-electron chi connectivity index (χ1n) is 7.69. The molecule has 0 spiro atoms. The van der Waals surface area contributed by atoms with E-state index in [4.69, 9.17) is 0 Å². The number of halogens is 3. The minimum atomic E-state index is -4.50. The monoisotopic (exact) mass is 326 g/mol. The highest BCUT2D eigenvalue weighted by atomic mass is 19.4. The number of carbonyl (C=O) groups is 2. The van der Waals surface area contributed by atoms with Gasteiger partial charge in [-0.2, -0.15) is 13.2 Å². The van der Waals surface area contributed by atoms with Gasteiger partial charge in [0.05, 0.1) is 5.56 Å². The van der Waals surface area contributed by atoms with Gasteiger partial charge in [-0.3, -0.25) is 14.6 Å². The maximum atomic E-state index is 12.5. The third-order valence-electron chi connectivity index (χ3n) is 4.77. The molecule has 1 saturated heterocycles. The van der Waals surface area contributed by atoms with Crippen LogP contribution in [0.2, 0.25) is 0 Å². The van der Waals surface area contributed by atoms with Crippen molar-refractivity contribution in [2.75, 3.05) is 13.1 Å². The van der Waals surface area contributed by atoms with Gasteiger partial charge in [-0.15, -0.1) is 0 Å². The third kappa shape index (κ3) is 3.38. The molecule has 1 saturated carbocycles. The first-order chi connectivity index (χ1) is 10.8. The van der Waals surface area contributed by atoms with Crippen molar-refractivity contribution in [1.29, 1.82) is 0 Å². The molecule has 2 heterocycles. The van der Waals surface area contributed by atoms with Crippen LogP contribution in [0.5, 0.6) is 0 Å². The van der Waals surface area contributed by atoms with Crippen LogP contribution in [0, 0.1) is 11.8 Å². The molecule has 1 aromatic rings.